The minimum absolute atomic E-state index is 0.0153. The van der Waals surface area contributed by atoms with Gasteiger partial charge in [-0.3, -0.25) is 9.59 Å². The number of carboxylic acid groups (broad SMARTS) is 1. The SMILES string of the molecule is COc1cc(F)c(-c2ncc(C(=O)O)s2)cc1C(=O)NC1C2C=CC(C2)C1C(=O)Nc1cccc(S(=O)(=O)C(F)(F)F)c1. The Hall–Kier alpha value is -4.31. The van der Waals surface area contributed by atoms with Crippen LogP contribution >= 0.6 is 11.3 Å². The largest absolute Gasteiger partial charge is 0.501 e. The first-order chi connectivity index (χ1) is 20.2. The molecule has 0 saturated heterocycles. The Kier molecular flexibility index (Phi) is 7.77. The zero-order chi connectivity index (χ0) is 31.3. The quantitative estimate of drug-likeness (QED) is 0.241. The van der Waals surface area contributed by atoms with E-state index in [1.807, 2.05) is 6.08 Å². The first-order valence-electron chi connectivity index (χ1n) is 12.5. The van der Waals surface area contributed by atoms with Crippen molar-refractivity contribution in [3.63, 3.8) is 0 Å². The van der Waals surface area contributed by atoms with Crippen molar-refractivity contribution in [1.82, 2.24) is 10.3 Å². The molecule has 5 rings (SSSR count). The van der Waals surface area contributed by atoms with Crippen LogP contribution in [-0.4, -0.2) is 55.0 Å². The van der Waals surface area contributed by atoms with Gasteiger partial charge in [0, 0.05) is 23.4 Å². The zero-order valence-corrected chi connectivity index (χ0v) is 23.5. The van der Waals surface area contributed by atoms with Crippen LogP contribution in [0.2, 0.25) is 0 Å². The van der Waals surface area contributed by atoms with Gasteiger partial charge in [0.2, 0.25) is 5.91 Å². The summed E-state index contributed by atoms with van der Waals surface area (Å²) in [5.74, 6) is -5.04. The van der Waals surface area contributed by atoms with Crippen molar-refractivity contribution in [2.45, 2.75) is 22.9 Å². The average molecular weight is 640 g/mol. The number of hydrogen-bond donors (Lipinski definition) is 3. The highest BCUT2D eigenvalue weighted by Crippen LogP contribution is 2.45. The number of halogens is 4. The van der Waals surface area contributed by atoms with E-state index >= 15 is 0 Å². The summed E-state index contributed by atoms with van der Waals surface area (Å²) in [4.78, 5) is 40.8. The number of aromatic nitrogens is 1. The van der Waals surface area contributed by atoms with Gasteiger partial charge < -0.3 is 20.5 Å². The van der Waals surface area contributed by atoms with E-state index in [0.717, 1.165) is 24.4 Å². The number of amides is 2. The van der Waals surface area contributed by atoms with Crippen molar-refractivity contribution in [3.05, 3.63) is 71.0 Å². The topological polar surface area (TPSA) is 152 Å². The fourth-order valence-corrected chi connectivity index (χ4v) is 6.85. The highest BCUT2D eigenvalue weighted by Gasteiger charge is 2.49. The van der Waals surface area contributed by atoms with Crippen LogP contribution in [0.1, 0.15) is 26.5 Å². The number of thiazole rings is 1. The monoisotopic (exact) mass is 639 g/mol. The van der Waals surface area contributed by atoms with E-state index in [2.05, 4.69) is 15.6 Å². The van der Waals surface area contributed by atoms with Gasteiger partial charge in [0.25, 0.3) is 15.7 Å². The predicted molar refractivity (Wildman–Crippen MR) is 145 cm³/mol. The number of benzene rings is 2. The summed E-state index contributed by atoms with van der Waals surface area (Å²) >= 11 is 0.708. The van der Waals surface area contributed by atoms with E-state index in [0.29, 0.717) is 23.8 Å². The maximum absolute atomic E-state index is 14.9. The smallest absolute Gasteiger partial charge is 0.496 e. The second kappa shape index (κ2) is 11.1. The Morgan fingerprint density at radius 3 is 2.49 bits per heavy atom. The van der Waals surface area contributed by atoms with Gasteiger partial charge in [0.15, 0.2) is 0 Å². The molecule has 2 bridgehead atoms. The van der Waals surface area contributed by atoms with Gasteiger partial charge in [-0.25, -0.2) is 22.6 Å². The van der Waals surface area contributed by atoms with E-state index in [9.17, 15) is 45.5 Å². The Morgan fingerprint density at radius 1 is 1.12 bits per heavy atom. The summed E-state index contributed by atoms with van der Waals surface area (Å²) in [5.41, 5.74) is -5.96. The van der Waals surface area contributed by atoms with E-state index in [1.165, 1.54) is 19.2 Å². The molecule has 10 nitrogen and oxygen atoms in total. The number of sulfone groups is 1. The molecule has 1 fully saturated rings. The molecule has 0 aliphatic heterocycles. The third kappa shape index (κ3) is 5.59. The average Bonchev–Trinajstić information content (AvgIpc) is 3.69. The van der Waals surface area contributed by atoms with Crippen molar-refractivity contribution >= 4 is 44.6 Å². The third-order valence-electron chi connectivity index (χ3n) is 7.26. The Labute approximate surface area is 245 Å². The highest BCUT2D eigenvalue weighted by atomic mass is 32.2. The number of rotatable bonds is 8. The molecule has 3 N–H and O–H groups in total. The number of carbonyl (C=O) groups is 3. The molecule has 226 valence electrons. The summed E-state index contributed by atoms with van der Waals surface area (Å²) in [6.07, 6.45) is 5.17. The number of alkyl halides is 3. The van der Waals surface area contributed by atoms with Crippen LogP contribution in [0.25, 0.3) is 10.6 Å². The van der Waals surface area contributed by atoms with Crippen molar-refractivity contribution < 1.29 is 50.2 Å². The molecule has 16 heteroatoms. The van der Waals surface area contributed by atoms with Crippen LogP contribution in [0, 0.1) is 23.6 Å². The van der Waals surface area contributed by atoms with E-state index < -0.39 is 55.8 Å². The highest BCUT2D eigenvalue weighted by molar-refractivity contribution is 7.92. The Bertz CT molecular complexity index is 1770. The number of ether oxygens (including phenoxy) is 1. The molecule has 1 saturated carbocycles. The number of carboxylic acids is 1. The minimum Gasteiger partial charge on any atom is -0.496 e. The third-order valence-corrected chi connectivity index (χ3v) is 9.76. The number of anilines is 1. The van der Waals surface area contributed by atoms with Gasteiger partial charge in [-0.2, -0.15) is 13.2 Å². The van der Waals surface area contributed by atoms with Crippen LogP contribution in [0.5, 0.6) is 5.75 Å². The lowest BCUT2D eigenvalue weighted by Gasteiger charge is -2.28. The number of fused-ring (bicyclic) bond motifs is 2. The van der Waals surface area contributed by atoms with E-state index in [1.54, 1.807) is 6.08 Å². The number of hydrogen-bond acceptors (Lipinski definition) is 8. The van der Waals surface area contributed by atoms with Gasteiger partial charge in [0.1, 0.15) is 21.5 Å². The fourth-order valence-electron chi connectivity index (χ4n) is 5.27. The van der Waals surface area contributed by atoms with Gasteiger partial charge >= 0.3 is 11.5 Å². The summed E-state index contributed by atoms with van der Waals surface area (Å²) in [5, 5.41) is 14.4. The van der Waals surface area contributed by atoms with Crippen molar-refractivity contribution in [3.8, 4) is 16.3 Å². The molecule has 2 aliphatic rings. The van der Waals surface area contributed by atoms with Gasteiger partial charge in [-0.1, -0.05) is 18.2 Å². The van der Waals surface area contributed by atoms with Gasteiger partial charge in [-0.15, -0.1) is 11.3 Å². The second-order valence-corrected chi connectivity index (χ2v) is 12.8. The molecule has 3 aromatic rings. The molecular formula is C27H21F4N3O7S2. The maximum atomic E-state index is 14.9. The lowest BCUT2D eigenvalue weighted by molar-refractivity contribution is -0.121. The molecule has 2 amide bonds. The molecule has 43 heavy (non-hydrogen) atoms. The van der Waals surface area contributed by atoms with Gasteiger partial charge in [-0.05, 0) is 42.5 Å². The fraction of sp³-hybridized carbons (Fsp3) is 0.259. The molecule has 2 aliphatic carbocycles. The van der Waals surface area contributed by atoms with Crippen LogP contribution in [0.4, 0.5) is 23.2 Å². The summed E-state index contributed by atoms with van der Waals surface area (Å²) < 4.78 is 82.8. The molecule has 1 heterocycles. The maximum Gasteiger partial charge on any atom is 0.501 e. The molecular weight excluding hydrogens is 618 g/mol. The summed E-state index contributed by atoms with van der Waals surface area (Å²) in [6.45, 7) is 0. The van der Waals surface area contributed by atoms with Crippen LogP contribution in [0.15, 0.2) is 59.6 Å². The molecule has 0 spiro atoms. The Balaban J connectivity index is 1.40. The first-order valence-corrected chi connectivity index (χ1v) is 14.8. The molecule has 0 radical (unpaired) electrons. The van der Waals surface area contributed by atoms with E-state index in [-0.39, 0.29) is 44.3 Å². The lowest BCUT2D eigenvalue weighted by Crippen LogP contribution is -2.47. The van der Waals surface area contributed by atoms with Crippen LogP contribution in [0.3, 0.4) is 0 Å². The summed E-state index contributed by atoms with van der Waals surface area (Å²) in [6, 6.07) is 5.12. The standard InChI is InChI=1S/C27H21F4N3O7S2/c1-41-19-10-18(28)16(25-32-11-20(42-25)26(37)38)9-17(19)23(35)34-22-13-6-5-12(7-13)21(22)24(36)33-14-3-2-4-15(8-14)43(39,40)27(29,30)31/h2-6,8-13,21-22H,7H2,1H3,(H,33,36)(H,34,35)(H,37,38). The van der Waals surface area contributed by atoms with Crippen molar-refractivity contribution in [2.75, 3.05) is 12.4 Å². The Morgan fingerprint density at radius 2 is 1.84 bits per heavy atom. The first kappa shape index (κ1) is 30.2. The molecule has 4 unspecified atom stereocenters. The number of aromatic carboxylic acids is 1. The van der Waals surface area contributed by atoms with Crippen molar-refractivity contribution in [2.24, 2.45) is 17.8 Å². The van der Waals surface area contributed by atoms with Crippen molar-refractivity contribution in [1.29, 1.82) is 0 Å². The second-order valence-electron chi connectivity index (χ2n) is 9.81. The zero-order valence-electron chi connectivity index (χ0n) is 21.9. The number of nitrogens with zero attached hydrogens (tertiary/aromatic N) is 1. The van der Waals surface area contributed by atoms with Gasteiger partial charge in [0.05, 0.1) is 29.7 Å². The molecule has 4 atom stereocenters. The summed E-state index contributed by atoms with van der Waals surface area (Å²) in [7, 11) is -4.42. The number of allylic oxidation sites excluding steroid dienone is 1. The lowest BCUT2D eigenvalue weighted by atomic mass is 9.87. The molecule has 2 aromatic carbocycles. The normalized spacial score (nSPS) is 21.0. The van der Waals surface area contributed by atoms with Crippen LogP contribution < -0.4 is 15.4 Å². The number of nitrogens with one attached hydrogen (secondary N) is 2. The molecule has 1 aromatic heterocycles. The minimum atomic E-state index is -5.65. The van der Waals surface area contributed by atoms with E-state index in [4.69, 9.17) is 4.74 Å². The van der Waals surface area contributed by atoms with Crippen LogP contribution in [-0.2, 0) is 14.6 Å². The number of methoxy groups -OCH3 is 1. The predicted octanol–water partition coefficient (Wildman–Crippen LogP) is 4.51. The number of carbonyl (C=O) groups excluding carboxylic acids is 2.